The van der Waals surface area contributed by atoms with Crippen LogP contribution >= 0.6 is 0 Å². The first-order valence-electron chi connectivity index (χ1n) is 8.60. The maximum atomic E-state index is 12.3. The van der Waals surface area contributed by atoms with Crippen molar-refractivity contribution in [2.75, 3.05) is 11.9 Å². The van der Waals surface area contributed by atoms with Gasteiger partial charge in [-0.25, -0.2) is 0 Å². The SMILES string of the molecule is CN1C(=O)C(C)(C)c2cc(CNC(=O)C3CCCCC3)ccc21. The molecule has 0 aromatic heterocycles. The fourth-order valence-corrected chi connectivity index (χ4v) is 3.83. The molecule has 1 heterocycles. The highest BCUT2D eigenvalue weighted by Gasteiger charge is 2.42. The number of rotatable bonds is 3. The van der Waals surface area contributed by atoms with Crippen LogP contribution in [0, 0.1) is 5.92 Å². The fraction of sp³-hybridized carbons (Fsp3) is 0.579. The van der Waals surface area contributed by atoms with Crippen molar-refractivity contribution in [2.24, 2.45) is 5.92 Å². The molecule has 0 unspecified atom stereocenters. The quantitative estimate of drug-likeness (QED) is 0.932. The number of likely N-dealkylation sites (N-methyl/N-ethyl adjacent to an activating group) is 1. The maximum Gasteiger partial charge on any atom is 0.236 e. The van der Waals surface area contributed by atoms with Crippen molar-refractivity contribution in [3.63, 3.8) is 0 Å². The Morgan fingerprint density at radius 1 is 1.26 bits per heavy atom. The summed E-state index contributed by atoms with van der Waals surface area (Å²) in [5.41, 5.74) is 2.59. The summed E-state index contributed by atoms with van der Waals surface area (Å²) in [5.74, 6) is 0.482. The summed E-state index contributed by atoms with van der Waals surface area (Å²) in [6.07, 6.45) is 5.62. The summed E-state index contributed by atoms with van der Waals surface area (Å²) in [6, 6.07) is 6.06. The van der Waals surface area contributed by atoms with Gasteiger partial charge in [0.2, 0.25) is 11.8 Å². The van der Waals surface area contributed by atoms with E-state index in [0.29, 0.717) is 6.54 Å². The van der Waals surface area contributed by atoms with Crippen LogP contribution in [0.25, 0.3) is 0 Å². The molecule has 1 saturated carbocycles. The topological polar surface area (TPSA) is 49.4 Å². The van der Waals surface area contributed by atoms with E-state index in [1.54, 1.807) is 4.90 Å². The second-order valence-corrected chi connectivity index (χ2v) is 7.39. The summed E-state index contributed by atoms with van der Waals surface area (Å²) in [6.45, 7) is 4.46. The molecule has 23 heavy (non-hydrogen) atoms. The van der Waals surface area contributed by atoms with Gasteiger partial charge in [-0.2, -0.15) is 0 Å². The van der Waals surface area contributed by atoms with Crippen LogP contribution in [-0.4, -0.2) is 18.9 Å². The van der Waals surface area contributed by atoms with E-state index in [2.05, 4.69) is 11.4 Å². The lowest BCUT2D eigenvalue weighted by atomic mass is 9.85. The number of fused-ring (bicyclic) bond motifs is 1. The molecule has 2 aliphatic rings. The largest absolute Gasteiger partial charge is 0.352 e. The van der Waals surface area contributed by atoms with Crippen LogP contribution in [0.5, 0.6) is 0 Å². The van der Waals surface area contributed by atoms with E-state index < -0.39 is 5.41 Å². The lowest BCUT2D eigenvalue weighted by Crippen LogP contribution is -2.33. The van der Waals surface area contributed by atoms with Crippen molar-refractivity contribution in [1.29, 1.82) is 0 Å². The number of hydrogen-bond donors (Lipinski definition) is 1. The Labute approximate surface area is 138 Å². The van der Waals surface area contributed by atoms with E-state index in [0.717, 1.165) is 29.7 Å². The van der Waals surface area contributed by atoms with E-state index in [4.69, 9.17) is 0 Å². The van der Waals surface area contributed by atoms with Crippen LogP contribution in [0.4, 0.5) is 5.69 Å². The minimum Gasteiger partial charge on any atom is -0.352 e. The highest BCUT2D eigenvalue weighted by Crippen LogP contribution is 2.41. The number of amides is 2. The molecule has 4 heteroatoms. The number of nitrogens with zero attached hydrogens (tertiary/aromatic N) is 1. The number of carbonyl (C=O) groups excluding carboxylic acids is 2. The van der Waals surface area contributed by atoms with E-state index in [1.807, 2.05) is 33.0 Å². The summed E-state index contributed by atoms with van der Waals surface area (Å²) < 4.78 is 0. The van der Waals surface area contributed by atoms with Crippen molar-refractivity contribution in [3.05, 3.63) is 29.3 Å². The summed E-state index contributed by atoms with van der Waals surface area (Å²) in [4.78, 5) is 26.3. The molecular formula is C19H26N2O2. The van der Waals surface area contributed by atoms with Gasteiger partial charge >= 0.3 is 0 Å². The van der Waals surface area contributed by atoms with Gasteiger partial charge in [0.25, 0.3) is 0 Å². The predicted octanol–water partition coefficient (Wildman–Crippen LogP) is 3.14. The van der Waals surface area contributed by atoms with Crippen LogP contribution in [0.3, 0.4) is 0 Å². The van der Waals surface area contributed by atoms with Crippen molar-refractivity contribution < 1.29 is 9.59 Å². The van der Waals surface area contributed by atoms with Crippen molar-refractivity contribution in [1.82, 2.24) is 5.32 Å². The van der Waals surface area contributed by atoms with Crippen molar-refractivity contribution in [2.45, 2.75) is 57.9 Å². The summed E-state index contributed by atoms with van der Waals surface area (Å²) in [5, 5.41) is 3.07. The maximum absolute atomic E-state index is 12.3. The van der Waals surface area contributed by atoms with Gasteiger partial charge in [0.15, 0.2) is 0 Å². The van der Waals surface area contributed by atoms with Gasteiger partial charge in [-0.3, -0.25) is 9.59 Å². The minimum atomic E-state index is -0.493. The highest BCUT2D eigenvalue weighted by molar-refractivity contribution is 6.07. The molecule has 1 aromatic rings. The number of carbonyl (C=O) groups is 2. The lowest BCUT2D eigenvalue weighted by Gasteiger charge is -2.21. The second kappa shape index (κ2) is 5.99. The predicted molar refractivity (Wildman–Crippen MR) is 91.3 cm³/mol. The number of hydrogen-bond acceptors (Lipinski definition) is 2. The molecule has 4 nitrogen and oxygen atoms in total. The molecule has 0 radical (unpaired) electrons. The third-order valence-corrected chi connectivity index (χ3v) is 5.38. The molecule has 0 saturated heterocycles. The Balaban J connectivity index is 1.70. The van der Waals surface area contributed by atoms with Crippen LogP contribution in [0.15, 0.2) is 18.2 Å². The molecule has 2 amide bonds. The molecule has 3 rings (SSSR count). The minimum absolute atomic E-state index is 0.121. The Morgan fingerprint density at radius 2 is 1.96 bits per heavy atom. The van der Waals surface area contributed by atoms with Gasteiger partial charge in [-0.15, -0.1) is 0 Å². The number of anilines is 1. The van der Waals surface area contributed by atoms with Gasteiger partial charge in [-0.05, 0) is 43.9 Å². The summed E-state index contributed by atoms with van der Waals surface area (Å²) in [7, 11) is 1.82. The molecule has 0 atom stereocenters. The molecule has 0 spiro atoms. The Bertz CT molecular complexity index is 630. The second-order valence-electron chi connectivity index (χ2n) is 7.39. The Hall–Kier alpha value is -1.84. The molecule has 1 aliphatic heterocycles. The highest BCUT2D eigenvalue weighted by atomic mass is 16.2. The third-order valence-electron chi connectivity index (χ3n) is 5.38. The third kappa shape index (κ3) is 2.87. The average molecular weight is 314 g/mol. The molecule has 124 valence electrons. The van der Waals surface area contributed by atoms with Crippen LogP contribution in [0.1, 0.15) is 57.1 Å². The van der Waals surface area contributed by atoms with E-state index in [-0.39, 0.29) is 17.7 Å². The van der Waals surface area contributed by atoms with E-state index >= 15 is 0 Å². The monoisotopic (exact) mass is 314 g/mol. The molecule has 0 bridgehead atoms. The molecule has 1 fully saturated rings. The molecule has 1 aromatic carbocycles. The summed E-state index contributed by atoms with van der Waals surface area (Å²) >= 11 is 0. The molecular weight excluding hydrogens is 288 g/mol. The molecule has 1 aliphatic carbocycles. The smallest absolute Gasteiger partial charge is 0.236 e. The van der Waals surface area contributed by atoms with Crippen LogP contribution in [0.2, 0.25) is 0 Å². The van der Waals surface area contributed by atoms with Gasteiger partial charge < -0.3 is 10.2 Å². The van der Waals surface area contributed by atoms with Crippen molar-refractivity contribution >= 4 is 17.5 Å². The normalized spacial score (nSPS) is 20.5. The number of benzene rings is 1. The first kappa shape index (κ1) is 16.0. The van der Waals surface area contributed by atoms with Gasteiger partial charge in [-0.1, -0.05) is 31.4 Å². The van der Waals surface area contributed by atoms with E-state index in [1.165, 1.54) is 19.3 Å². The van der Waals surface area contributed by atoms with Gasteiger partial charge in [0.05, 0.1) is 5.41 Å². The fourth-order valence-electron chi connectivity index (χ4n) is 3.83. The van der Waals surface area contributed by atoms with Gasteiger partial charge in [0.1, 0.15) is 0 Å². The zero-order valence-corrected chi connectivity index (χ0v) is 14.3. The van der Waals surface area contributed by atoms with Gasteiger partial charge in [0, 0.05) is 25.2 Å². The van der Waals surface area contributed by atoms with Crippen LogP contribution < -0.4 is 10.2 Å². The first-order valence-corrected chi connectivity index (χ1v) is 8.60. The first-order chi connectivity index (χ1) is 10.9. The van der Waals surface area contributed by atoms with Crippen molar-refractivity contribution in [3.8, 4) is 0 Å². The lowest BCUT2D eigenvalue weighted by molar-refractivity contribution is -0.126. The Kier molecular flexibility index (Phi) is 4.17. The van der Waals surface area contributed by atoms with E-state index in [9.17, 15) is 9.59 Å². The number of nitrogens with one attached hydrogen (secondary N) is 1. The molecule has 1 N–H and O–H groups in total. The zero-order valence-electron chi connectivity index (χ0n) is 14.3. The standard InChI is InChI=1S/C19H26N2O2/c1-19(2)15-11-13(9-10-16(15)21(3)18(19)23)12-20-17(22)14-7-5-4-6-8-14/h9-11,14H,4-8,12H2,1-3H3,(H,20,22). The average Bonchev–Trinajstić information content (AvgIpc) is 2.74. The van der Waals surface area contributed by atoms with Crippen LogP contribution in [-0.2, 0) is 21.5 Å². The Morgan fingerprint density at radius 3 is 2.65 bits per heavy atom. The zero-order chi connectivity index (χ0) is 16.6.